The number of aryl methyl sites for hydroxylation is 1. The molecule has 11 nitrogen and oxygen atoms in total. The highest BCUT2D eigenvalue weighted by atomic mass is 16.5. The number of rotatable bonds is 9. The van der Waals surface area contributed by atoms with Crippen molar-refractivity contribution in [2.24, 2.45) is 0 Å². The Labute approximate surface area is 265 Å². The van der Waals surface area contributed by atoms with Gasteiger partial charge in [0.25, 0.3) is 0 Å². The number of pyridine rings is 1. The maximum atomic E-state index is 12.6. The third kappa shape index (κ3) is 6.30. The molecule has 0 N–H and O–H groups in total. The lowest BCUT2D eigenvalue weighted by molar-refractivity contribution is -0.128. The number of hydrogen-bond acceptors (Lipinski definition) is 9. The Morgan fingerprint density at radius 2 is 2.02 bits per heavy atom. The molecule has 236 valence electrons. The number of carbonyl (C=O) groups excluding carboxylic acids is 1. The molecule has 45 heavy (non-hydrogen) atoms. The lowest BCUT2D eigenvalue weighted by Gasteiger charge is -2.42. The smallest absolute Gasteiger partial charge is 0.318 e. The largest absolute Gasteiger partial charge is 0.459 e. The van der Waals surface area contributed by atoms with E-state index in [4.69, 9.17) is 21.3 Å². The van der Waals surface area contributed by atoms with Crippen LogP contribution in [0.3, 0.4) is 0 Å². The van der Waals surface area contributed by atoms with E-state index in [1.54, 1.807) is 4.90 Å². The van der Waals surface area contributed by atoms with E-state index < -0.39 is 0 Å². The number of likely N-dealkylation sites (tertiary alicyclic amines) is 1. The van der Waals surface area contributed by atoms with E-state index in [2.05, 4.69) is 82.1 Å². The van der Waals surface area contributed by atoms with Crippen molar-refractivity contribution in [3.8, 4) is 6.01 Å². The van der Waals surface area contributed by atoms with Gasteiger partial charge in [-0.25, -0.2) is 6.57 Å². The lowest BCUT2D eigenvalue weighted by Crippen LogP contribution is -2.57. The van der Waals surface area contributed by atoms with E-state index in [1.807, 2.05) is 12.4 Å². The lowest BCUT2D eigenvalue weighted by atomic mass is 10.0. The van der Waals surface area contributed by atoms with Crippen molar-refractivity contribution >= 4 is 28.2 Å². The molecule has 5 heterocycles. The number of likely N-dealkylation sites (N-methyl/N-ethyl adjacent to an activating group) is 2. The number of fused-ring (bicyclic) bond motifs is 2. The highest BCUT2D eigenvalue weighted by molar-refractivity contribution is 5.96. The summed E-state index contributed by atoms with van der Waals surface area (Å²) in [5.41, 5.74) is 4.37. The van der Waals surface area contributed by atoms with E-state index in [1.165, 1.54) is 17.0 Å². The van der Waals surface area contributed by atoms with Gasteiger partial charge in [0.15, 0.2) is 0 Å². The van der Waals surface area contributed by atoms with Gasteiger partial charge >= 0.3 is 6.01 Å². The van der Waals surface area contributed by atoms with Crippen molar-refractivity contribution in [3.63, 3.8) is 0 Å². The molecule has 3 aliphatic rings. The van der Waals surface area contributed by atoms with E-state index >= 15 is 0 Å². The van der Waals surface area contributed by atoms with Crippen LogP contribution in [0.2, 0.25) is 0 Å². The fraction of sp³-hybridized carbons (Fsp3) is 0.500. The molecule has 1 aromatic carbocycles. The Morgan fingerprint density at radius 3 is 2.78 bits per heavy atom. The van der Waals surface area contributed by atoms with Crippen molar-refractivity contribution in [1.82, 2.24) is 29.7 Å². The maximum Gasteiger partial charge on any atom is 0.318 e. The number of benzene rings is 1. The van der Waals surface area contributed by atoms with Crippen molar-refractivity contribution in [1.29, 1.82) is 0 Å². The van der Waals surface area contributed by atoms with Gasteiger partial charge in [0.1, 0.15) is 18.0 Å². The number of ether oxygens (including phenoxy) is 1. The second-order valence-electron chi connectivity index (χ2n) is 12.7. The molecule has 1 amide bonds. The Balaban J connectivity index is 1.31. The van der Waals surface area contributed by atoms with Crippen LogP contribution < -0.4 is 14.5 Å². The summed E-state index contributed by atoms with van der Waals surface area (Å²) in [6, 6.07) is 6.99. The summed E-state index contributed by atoms with van der Waals surface area (Å²) >= 11 is 0. The summed E-state index contributed by atoms with van der Waals surface area (Å²) in [5, 5.41) is 2.34. The monoisotopic (exact) mass is 609 g/mol. The molecule has 11 heteroatoms. The summed E-state index contributed by atoms with van der Waals surface area (Å²) in [6.45, 7) is 21.6. The zero-order valence-corrected chi connectivity index (χ0v) is 26.8. The number of piperazine rings is 1. The third-order valence-electron chi connectivity index (χ3n) is 9.40. The Morgan fingerprint density at radius 1 is 1.20 bits per heavy atom. The van der Waals surface area contributed by atoms with Gasteiger partial charge in [0.2, 0.25) is 12.5 Å². The number of nitrogens with zero attached hydrogens (tertiary/aromatic N) is 9. The Hall–Kier alpha value is -4.27. The van der Waals surface area contributed by atoms with Crippen LogP contribution in [0.5, 0.6) is 6.01 Å². The van der Waals surface area contributed by atoms with E-state index in [-0.39, 0.29) is 24.6 Å². The van der Waals surface area contributed by atoms with E-state index in [0.29, 0.717) is 38.2 Å². The standard InChI is InChI=1S/C34H43N9O2/c1-7-31(44)43-14-13-42(21-26(43)16-35-4)33-28-11-12-41(30-17-36-15-25-10-8-9-23(2)32(25)30)22-29(28)37-34(38-33)45-24(3)18-40(6)27-19-39(5)20-27/h7-10,15,17,24,26-27H,1,11-14,16,18-22H2,2-3,5-6H3/t24-,26+/m1/s1. The average molecular weight is 610 g/mol. The molecule has 0 radical (unpaired) electrons. The zero-order chi connectivity index (χ0) is 31.7. The second kappa shape index (κ2) is 13.0. The Kier molecular flexibility index (Phi) is 8.88. The van der Waals surface area contributed by atoms with E-state index in [0.717, 1.165) is 60.7 Å². The fourth-order valence-electron chi connectivity index (χ4n) is 6.98. The first-order valence-electron chi connectivity index (χ1n) is 15.8. The predicted octanol–water partition coefficient (Wildman–Crippen LogP) is 3.03. The molecule has 0 unspecified atom stereocenters. The van der Waals surface area contributed by atoms with Gasteiger partial charge in [-0.1, -0.05) is 24.8 Å². The van der Waals surface area contributed by atoms with Gasteiger partial charge in [0.05, 0.1) is 24.1 Å². The average Bonchev–Trinajstić information content (AvgIpc) is 3.02. The third-order valence-corrected chi connectivity index (χ3v) is 9.40. The summed E-state index contributed by atoms with van der Waals surface area (Å²) in [4.78, 5) is 41.9. The van der Waals surface area contributed by atoms with Gasteiger partial charge in [0, 0.05) is 74.4 Å². The molecule has 0 bridgehead atoms. The molecule has 3 aromatic rings. The summed E-state index contributed by atoms with van der Waals surface area (Å²) in [5.74, 6) is 0.714. The van der Waals surface area contributed by atoms with Crippen LogP contribution in [-0.4, -0.2) is 120 Å². The SMILES string of the molecule is [C-]#[N+]C[C@H]1CN(c2nc(O[C@H](C)CN(C)C3CN(C)C3)nc3c2CCN(c2cncc4cccc(C)c24)C3)CCN1C(=O)C=C. The predicted molar refractivity (Wildman–Crippen MR) is 177 cm³/mol. The molecule has 0 spiro atoms. The van der Waals surface area contributed by atoms with Crippen molar-refractivity contribution in [2.75, 3.05) is 76.3 Å². The van der Waals surface area contributed by atoms with Crippen LogP contribution in [0.25, 0.3) is 15.6 Å². The first-order chi connectivity index (χ1) is 21.7. The summed E-state index contributed by atoms with van der Waals surface area (Å²) < 4.78 is 6.45. The molecular weight excluding hydrogens is 566 g/mol. The molecule has 2 aromatic heterocycles. The van der Waals surface area contributed by atoms with Crippen LogP contribution in [0, 0.1) is 13.5 Å². The Bertz CT molecular complexity index is 1610. The quantitative estimate of drug-likeness (QED) is 0.269. The summed E-state index contributed by atoms with van der Waals surface area (Å²) in [6.07, 6.45) is 5.88. The number of carbonyl (C=O) groups is 1. The van der Waals surface area contributed by atoms with Gasteiger partial charge in [-0.15, -0.1) is 0 Å². The van der Waals surface area contributed by atoms with Crippen LogP contribution >= 0.6 is 0 Å². The van der Waals surface area contributed by atoms with Gasteiger partial charge in [-0.2, -0.15) is 9.97 Å². The van der Waals surface area contributed by atoms with Crippen LogP contribution in [0.15, 0.2) is 43.2 Å². The molecular formula is C34H43N9O2. The number of aromatic nitrogens is 3. The highest BCUT2D eigenvalue weighted by Crippen LogP contribution is 2.35. The second-order valence-corrected chi connectivity index (χ2v) is 12.7. The molecule has 2 fully saturated rings. The van der Waals surface area contributed by atoms with Crippen molar-refractivity contribution in [3.05, 3.63) is 71.5 Å². The molecule has 2 saturated heterocycles. The first kappa shape index (κ1) is 30.7. The van der Waals surface area contributed by atoms with Gasteiger partial charge in [-0.05, 0) is 46.0 Å². The molecule has 0 aliphatic carbocycles. The molecule has 2 atom stereocenters. The van der Waals surface area contributed by atoms with Crippen molar-refractivity contribution < 1.29 is 9.53 Å². The minimum absolute atomic E-state index is 0.103. The topological polar surface area (TPSA) is 85.5 Å². The molecule has 0 saturated carbocycles. The van der Waals surface area contributed by atoms with E-state index in [9.17, 15) is 4.79 Å². The van der Waals surface area contributed by atoms with Crippen LogP contribution in [0.1, 0.15) is 23.7 Å². The molecule has 6 rings (SSSR count). The number of hydrogen-bond donors (Lipinski definition) is 0. The number of amides is 1. The maximum absolute atomic E-state index is 12.6. The normalized spacial score (nSPS) is 19.6. The highest BCUT2D eigenvalue weighted by Gasteiger charge is 2.35. The summed E-state index contributed by atoms with van der Waals surface area (Å²) in [7, 11) is 4.29. The van der Waals surface area contributed by atoms with Gasteiger partial charge < -0.3 is 29.2 Å². The molecule has 3 aliphatic heterocycles. The van der Waals surface area contributed by atoms with Crippen molar-refractivity contribution in [2.45, 2.75) is 45.0 Å². The number of anilines is 2. The van der Waals surface area contributed by atoms with Crippen LogP contribution in [0.4, 0.5) is 11.5 Å². The minimum Gasteiger partial charge on any atom is -0.459 e. The zero-order valence-electron chi connectivity index (χ0n) is 26.8. The van der Waals surface area contributed by atoms with Gasteiger partial charge in [-0.3, -0.25) is 14.7 Å². The fourth-order valence-corrected chi connectivity index (χ4v) is 6.98. The minimum atomic E-state index is -0.241. The first-order valence-corrected chi connectivity index (χ1v) is 15.8. The van der Waals surface area contributed by atoms with Crippen LogP contribution in [-0.2, 0) is 17.8 Å².